The van der Waals surface area contributed by atoms with E-state index >= 15 is 0 Å². The smallest absolute Gasteiger partial charge is 0.276 e. The van der Waals surface area contributed by atoms with Crippen LogP contribution in [0, 0.1) is 6.92 Å². The van der Waals surface area contributed by atoms with Gasteiger partial charge in [-0.1, -0.05) is 30.3 Å². The van der Waals surface area contributed by atoms with E-state index in [4.69, 9.17) is 0 Å². The minimum Gasteiger partial charge on any atom is -0.336 e. The molecule has 4 rings (SSSR count). The Labute approximate surface area is 181 Å². The van der Waals surface area contributed by atoms with E-state index in [0.717, 1.165) is 31.7 Å². The number of piperazine rings is 1. The molecule has 0 bridgehead atoms. The molecule has 3 aromatic rings. The van der Waals surface area contributed by atoms with Gasteiger partial charge in [0.15, 0.2) is 0 Å². The van der Waals surface area contributed by atoms with Crippen LogP contribution in [0.5, 0.6) is 0 Å². The molecule has 7 nitrogen and oxygen atoms in total. The molecule has 1 fully saturated rings. The lowest BCUT2D eigenvalue weighted by atomic mass is 10.1. The van der Waals surface area contributed by atoms with Gasteiger partial charge in [-0.25, -0.2) is 4.98 Å². The lowest BCUT2D eigenvalue weighted by Gasteiger charge is -2.32. The first-order chi connectivity index (χ1) is 15.0. The normalized spacial score (nSPS) is 14.3. The van der Waals surface area contributed by atoms with Crippen LogP contribution in [0.1, 0.15) is 26.5 Å². The fourth-order valence-corrected chi connectivity index (χ4v) is 3.49. The number of likely N-dealkylation sites (N-methyl/N-ethyl adjacent to an activating group) is 1. The number of hydrogen-bond donors (Lipinski definition) is 1. The summed E-state index contributed by atoms with van der Waals surface area (Å²) < 4.78 is 0. The highest BCUT2D eigenvalue weighted by Crippen LogP contribution is 2.20. The van der Waals surface area contributed by atoms with Gasteiger partial charge in [0.1, 0.15) is 5.69 Å². The number of rotatable bonds is 4. The second-order valence-electron chi connectivity index (χ2n) is 7.68. The maximum absolute atomic E-state index is 12.7. The van der Waals surface area contributed by atoms with Crippen LogP contribution in [0.25, 0.3) is 11.3 Å². The van der Waals surface area contributed by atoms with Crippen LogP contribution < -0.4 is 5.32 Å². The number of nitrogens with zero attached hydrogens (tertiary/aromatic N) is 4. The molecule has 0 radical (unpaired) electrons. The van der Waals surface area contributed by atoms with Crippen molar-refractivity contribution in [3.63, 3.8) is 0 Å². The molecular formula is C24H25N5O2. The van der Waals surface area contributed by atoms with Gasteiger partial charge < -0.3 is 15.1 Å². The molecule has 31 heavy (non-hydrogen) atoms. The van der Waals surface area contributed by atoms with Gasteiger partial charge in [-0.3, -0.25) is 14.6 Å². The molecule has 1 N–H and O–H groups in total. The lowest BCUT2D eigenvalue weighted by molar-refractivity contribution is 0.0664. The predicted molar refractivity (Wildman–Crippen MR) is 120 cm³/mol. The van der Waals surface area contributed by atoms with Gasteiger partial charge in [0.2, 0.25) is 0 Å². The van der Waals surface area contributed by atoms with E-state index in [-0.39, 0.29) is 17.5 Å². The molecule has 1 aliphatic heterocycles. The average molecular weight is 415 g/mol. The summed E-state index contributed by atoms with van der Waals surface area (Å²) in [6.07, 6.45) is 1.64. The fourth-order valence-electron chi connectivity index (χ4n) is 3.49. The number of aryl methyl sites for hydroxylation is 1. The van der Waals surface area contributed by atoms with Crippen molar-refractivity contribution in [1.82, 2.24) is 19.8 Å². The molecule has 1 saturated heterocycles. The van der Waals surface area contributed by atoms with Crippen molar-refractivity contribution in [2.45, 2.75) is 6.92 Å². The van der Waals surface area contributed by atoms with Crippen LogP contribution in [0.2, 0.25) is 0 Å². The van der Waals surface area contributed by atoms with Gasteiger partial charge in [-0.2, -0.15) is 0 Å². The first-order valence-corrected chi connectivity index (χ1v) is 10.3. The Morgan fingerprint density at radius 1 is 0.935 bits per heavy atom. The monoisotopic (exact) mass is 415 g/mol. The number of nitrogens with one attached hydrogen (secondary N) is 1. The molecule has 1 aliphatic rings. The van der Waals surface area contributed by atoms with Crippen molar-refractivity contribution >= 4 is 17.5 Å². The number of carbonyl (C=O) groups excluding carboxylic acids is 2. The van der Waals surface area contributed by atoms with Gasteiger partial charge in [-0.15, -0.1) is 0 Å². The summed E-state index contributed by atoms with van der Waals surface area (Å²) in [6, 6.07) is 16.6. The minimum absolute atomic E-state index is 0.0394. The van der Waals surface area contributed by atoms with E-state index in [9.17, 15) is 9.59 Å². The summed E-state index contributed by atoms with van der Waals surface area (Å²) in [7, 11) is 2.06. The SMILES string of the molecule is Cc1ncc(-c2ccc(C(=O)N3CCN(C)CC3)cc2)nc1C(=O)Nc1ccccc1. The number of benzene rings is 2. The Morgan fingerprint density at radius 2 is 1.61 bits per heavy atom. The molecule has 0 aliphatic carbocycles. The molecule has 2 amide bonds. The summed E-state index contributed by atoms with van der Waals surface area (Å²) in [4.78, 5) is 38.4. The van der Waals surface area contributed by atoms with Crippen LogP contribution in [0.3, 0.4) is 0 Å². The van der Waals surface area contributed by atoms with Crippen LogP contribution in [-0.4, -0.2) is 64.8 Å². The van der Waals surface area contributed by atoms with Crippen LogP contribution in [0.4, 0.5) is 5.69 Å². The van der Waals surface area contributed by atoms with E-state index < -0.39 is 0 Å². The zero-order valence-electron chi connectivity index (χ0n) is 17.7. The fraction of sp³-hybridized carbons (Fsp3) is 0.250. The van der Waals surface area contributed by atoms with Crippen molar-refractivity contribution < 1.29 is 9.59 Å². The number of carbonyl (C=O) groups is 2. The van der Waals surface area contributed by atoms with Gasteiger partial charge in [0.05, 0.1) is 17.6 Å². The van der Waals surface area contributed by atoms with Crippen molar-refractivity contribution in [3.8, 4) is 11.3 Å². The summed E-state index contributed by atoms with van der Waals surface area (Å²) in [5.74, 6) is -0.266. The van der Waals surface area contributed by atoms with E-state index in [1.165, 1.54) is 0 Å². The van der Waals surface area contributed by atoms with E-state index in [1.54, 1.807) is 25.3 Å². The Bertz CT molecular complexity index is 1070. The summed E-state index contributed by atoms with van der Waals surface area (Å²) in [6.45, 7) is 5.00. The first-order valence-electron chi connectivity index (χ1n) is 10.3. The minimum atomic E-state index is -0.306. The highest BCUT2D eigenvalue weighted by atomic mass is 16.2. The standard InChI is InChI=1S/C24H25N5O2/c1-17-22(23(30)26-20-6-4-3-5-7-20)27-21(16-25-17)18-8-10-19(11-9-18)24(31)29-14-12-28(2)13-15-29/h3-11,16H,12-15H2,1-2H3,(H,26,30). The number of anilines is 1. The number of amides is 2. The molecule has 158 valence electrons. The zero-order chi connectivity index (χ0) is 21.8. The molecule has 0 spiro atoms. The Morgan fingerprint density at radius 3 is 2.29 bits per heavy atom. The van der Waals surface area contributed by atoms with Gasteiger partial charge in [0.25, 0.3) is 11.8 Å². The third kappa shape index (κ3) is 4.78. The van der Waals surface area contributed by atoms with Crippen molar-refractivity contribution in [2.75, 3.05) is 38.5 Å². The molecule has 0 atom stereocenters. The Kier molecular flexibility index (Phi) is 6.04. The lowest BCUT2D eigenvalue weighted by Crippen LogP contribution is -2.47. The summed E-state index contributed by atoms with van der Waals surface area (Å²) in [5, 5.41) is 2.85. The molecule has 2 heterocycles. The van der Waals surface area contributed by atoms with E-state index in [2.05, 4.69) is 27.2 Å². The predicted octanol–water partition coefficient (Wildman–Crippen LogP) is 3.09. The molecule has 0 saturated carbocycles. The molecule has 1 aromatic heterocycles. The summed E-state index contributed by atoms with van der Waals surface area (Å²) in [5.41, 5.74) is 3.57. The van der Waals surface area contributed by atoms with E-state index in [0.29, 0.717) is 22.6 Å². The molecule has 0 unspecified atom stereocenters. The zero-order valence-corrected chi connectivity index (χ0v) is 17.7. The second-order valence-corrected chi connectivity index (χ2v) is 7.68. The summed E-state index contributed by atoms with van der Waals surface area (Å²) >= 11 is 0. The van der Waals surface area contributed by atoms with Crippen LogP contribution >= 0.6 is 0 Å². The largest absolute Gasteiger partial charge is 0.336 e. The maximum atomic E-state index is 12.7. The van der Waals surface area contributed by atoms with Gasteiger partial charge in [-0.05, 0) is 38.2 Å². The van der Waals surface area contributed by atoms with Crippen LogP contribution in [-0.2, 0) is 0 Å². The Hall–Kier alpha value is -3.58. The number of aromatic nitrogens is 2. The molecular weight excluding hydrogens is 390 g/mol. The maximum Gasteiger partial charge on any atom is 0.276 e. The van der Waals surface area contributed by atoms with Gasteiger partial charge in [0, 0.05) is 43.0 Å². The van der Waals surface area contributed by atoms with E-state index in [1.807, 2.05) is 47.4 Å². The topological polar surface area (TPSA) is 78.4 Å². The second kappa shape index (κ2) is 9.06. The first kappa shape index (κ1) is 20.7. The molecule has 2 aromatic carbocycles. The molecule has 7 heteroatoms. The quantitative estimate of drug-likeness (QED) is 0.709. The number of para-hydroxylation sites is 1. The third-order valence-electron chi connectivity index (χ3n) is 5.42. The van der Waals surface area contributed by atoms with Gasteiger partial charge >= 0.3 is 0 Å². The highest BCUT2D eigenvalue weighted by molar-refractivity contribution is 6.03. The van der Waals surface area contributed by atoms with Crippen LogP contribution in [0.15, 0.2) is 60.8 Å². The Balaban J connectivity index is 1.51. The van der Waals surface area contributed by atoms with Crippen molar-refractivity contribution in [2.24, 2.45) is 0 Å². The number of hydrogen-bond acceptors (Lipinski definition) is 5. The average Bonchev–Trinajstić information content (AvgIpc) is 2.80. The third-order valence-corrected chi connectivity index (χ3v) is 5.42. The van der Waals surface area contributed by atoms with Crippen molar-refractivity contribution in [3.05, 3.63) is 77.7 Å². The van der Waals surface area contributed by atoms with Crippen molar-refractivity contribution in [1.29, 1.82) is 0 Å². The highest BCUT2D eigenvalue weighted by Gasteiger charge is 2.20.